The SMILES string of the molecule is C=CC(=O)OCCCc1cc(CCCO)ccc1-c1ccc(CCC)cc1. The highest BCUT2D eigenvalue weighted by atomic mass is 16.5. The lowest BCUT2D eigenvalue weighted by atomic mass is 9.93. The zero-order valence-electron chi connectivity index (χ0n) is 16.2. The summed E-state index contributed by atoms with van der Waals surface area (Å²) in [5.41, 5.74) is 6.28. The fourth-order valence-corrected chi connectivity index (χ4v) is 3.21. The van der Waals surface area contributed by atoms with E-state index in [1.165, 1.54) is 33.9 Å². The molecule has 0 amide bonds. The number of hydrogen-bond donors (Lipinski definition) is 1. The van der Waals surface area contributed by atoms with Gasteiger partial charge in [-0.25, -0.2) is 4.79 Å². The van der Waals surface area contributed by atoms with E-state index in [0.717, 1.165) is 38.5 Å². The van der Waals surface area contributed by atoms with Crippen LogP contribution in [0.5, 0.6) is 0 Å². The Bertz CT molecular complexity index is 732. The summed E-state index contributed by atoms with van der Waals surface area (Å²) in [6.45, 7) is 6.20. The first-order valence-electron chi connectivity index (χ1n) is 9.79. The van der Waals surface area contributed by atoms with E-state index in [1.54, 1.807) is 0 Å². The van der Waals surface area contributed by atoms with Crippen LogP contribution < -0.4 is 0 Å². The number of rotatable bonds is 11. The van der Waals surface area contributed by atoms with Crippen molar-refractivity contribution in [2.45, 2.75) is 45.4 Å². The number of aryl methyl sites for hydroxylation is 3. The van der Waals surface area contributed by atoms with Crippen LogP contribution in [0.15, 0.2) is 55.1 Å². The zero-order valence-corrected chi connectivity index (χ0v) is 16.2. The highest BCUT2D eigenvalue weighted by Gasteiger charge is 2.08. The Hall–Kier alpha value is -2.39. The predicted octanol–water partition coefficient (Wildman–Crippen LogP) is 4.89. The first-order valence-corrected chi connectivity index (χ1v) is 9.79. The van der Waals surface area contributed by atoms with E-state index >= 15 is 0 Å². The van der Waals surface area contributed by atoms with Gasteiger partial charge in [-0.05, 0) is 59.9 Å². The third-order valence-electron chi connectivity index (χ3n) is 4.60. The van der Waals surface area contributed by atoms with Gasteiger partial charge in [0.05, 0.1) is 6.61 Å². The Balaban J connectivity index is 2.17. The average molecular weight is 367 g/mol. The molecule has 0 spiro atoms. The fraction of sp³-hybridized carbons (Fsp3) is 0.375. The monoisotopic (exact) mass is 366 g/mol. The van der Waals surface area contributed by atoms with Gasteiger partial charge in [0.15, 0.2) is 0 Å². The topological polar surface area (TPSA) is 46.5 Å². The number of carbonyl (C=O) groups is 1. The molecule has 0 heterocycles. The summed E-state index contributed by atoms with van der Waals surface area (Å²) in [5.74, 6) is -0.376. The Morgan fingerprint density at radius 3 is 2.44 bits per heavy atom. The number of benzene rings is 2. The van der Waals surface area contributed by atoms with E-state index in [4.69, 9.17) is 9.84 Å². The molecule has 0 unspecified atom stereocenters. The van der Waals surface area contributed by atoms with Gasteiger partial charge in [0, 0.05) is 12.7 Å². The van der Waals surface area contributed by atoms with E-state index < -0.39 is 0 Å². The van der Waals surface area contributed by atoms with Crippen LogP contribution in [0.25, 0.3) is 11.1 Å². The van der Waals surface area contributed by atoms with Crippen molar-refractivity contribution < 1.29 is 14.6 Å². The summed E-state index contributed by atoms with van der Waals surface area (Å²) in [5, 5.41) is 9.09. The molecule has 0 aliphatic heterocycles. The van der Waals surface area contributed by atoms with Gasteiger partial charge in [0.25, 0.3) is 0 Å². The molecule has 3 nitrogen and oxygen atoms in total. The summed E-state index contributed by atoms with van der Waals surface area (Å²) in [4.78, 5) is 11.2. The quantitative estimate of drug-likeness (QED) is 0.350. The Labute approximate surface area is 162 Å². The average Bonchev–Trinajstić information content (AvgIpc) is 2.70. The zero-order chi connectivity index (χ0) is 19.5. The molecular weight excluding hydrogens is 336 g/mol. The Kier molecular flexibility index (Phi) is 8.79. The maximum Gasteiger partial charge on any atom is 0.330 e. The summed E-state index contributed by atoms with van der Waals surface area (Å²) >= 11 is 0. The maximum atomic E-state index is 11.2. The van der Waals surface area contributed by atoms with Crippen molar-refractivity contribution in [1.82, 2.24) is 0 Å². The van der Waals surface area contributed by atoms with Crippen LogP contribution in [0.2, 0.25) is 0 Å². The van der Waals surface area contributed by atoms with Crippen molar-refractivity contribution in [2.75, 3.05) is 13.2 Å². The molecule has 0 saturated carbocycles. The van der Waals surface area contributed by atoms with E-state index in [9.17, 15) is 4.79 Å². The van der Waals surface area contributed by atoms with Gasteiger partial charge in [-0.15, -0.1) is 0 Å². The van der Waals surface area contributed by atoms with E-state index in [-0.39, 0.29) is 12.6 Å². The van der Waals surface area contributed by atoms with Gasteiger partial charge < -0.3 is 9.84 Å². The summed E-state index contributed by atoms with van der Waals surface area (Å²) in [6.07, 6.45) is 6.67. The molecule has 0 aliphatic rings. The molecule has 0 atom stereocenters. The van der Waals surface area contributed by atoms with Crippen molar-refractivity contribution >= 4 is 5.97 Å². The van der Waals surface area contributed by atoms with Crippen molar-refractivity contribution in [3.63, 3.8) is 0 Å². The molecule has 3 heteroatoms. The van der Waals surface area contributed by atoms with Gasteiger partial charge >= 0.3 is 5.97 Å². The lowest BCUT2D eigenvalue weighted by Gasteiger charge is -2.13. The third-order valence-corrected chi connectivity index (χ3v) is 4.60. The molecule has 27 heavy (non-hydrogen) atoms. The molecule has 1 N–H and O–H groups in total. The Morgan fingerprint density at radius 1 is 1.04 bits per heavy atom. The van der Waals surface area contributed by atoms with Crippen LogP contribution in [0.4, 0.5) is 0 Å². The smallest absolute Gasteiger partial charge is 0.330 e. The Morgan fingerprint density at radius 2 is 1.78 bits per heavy atom. The third kappa shape index (κ3) is 6.69. The molecule has 2 rings (SSSR count). The number of aliphatic hydroxyl groups excluding tert-OH is 1. The van der Waals surface area contributed by atoms with Crippen LogP contribution in [0.1, 0.15) is 42.9 Å². The van der Waals surface area contributed by atoms with Crippen molar-refractivity contribution in [3.05, 3.63) is 71.8 Å². The van der Waals surface area contributed by atoms with Crippen molar-refractivity contribution in [1.29, 1.82) is 0 Å². The van der Waals surface area contributed by atoms with Gasteiger partial charge in [-0.3, -0.25) is 0 Å². The number of ether oxygens (including phenoxy) is 1. The summed E-state index contributed by atoms with van der Waals surface area (Å²) in [6, 6.07) is 15.3. The molecule has 0 bridgehead atoms. The predicted molar refractivity (Wildman–Crippen MR) is 111 cm³/mol. The van der Waals surface area contributed by atoms with Crippen LogP contribution >= 0.6 is 0 Å². The first kappa shape index (κ1) is 20.9. The second-order valence-corrected chi connectivity index (χ2v) is 6.74. The minimum Gasteiger partial charge on any atom is -0.463 e. The molecule has 0 aliphatic carbocycles. The number of hydrogen-bond acceptors (Lipinski definition) is 3. The molecule has 0 saturated heterocycles. The van der Waals surface area contributed by atoms with Crippen molar-refractivity contribution in [2.24, 2.45) is 0 Å². The van der Waals surface area contributed by atoms with E-state index in [2.05, 4.69) is 56.0 Å². The molecule has 2 aromatic rings. The second kappa shape index (κ2) is 11.3. The molecule has 0 aromatic heterocycles. The standard InChI is InChI=1S/C24H30O3/c1-3-7-19-10-13-21(14-11-19)23-15-12-20(8-5-16-25)18-22(23)9-6-17-27-24(26)4-2/h4,10-15,18,25H,2-3,5-9,16-17H2,1H3. The maximum absolute atomic E-state index is 11.2. The molecule has 0 radical (unpaired) electrons. The minimum atomic E-state index is -0.376. The summed E-state index contributed by atoms with van der Waals surface area (Å²) < 4.78 is 5.11. The minimum absolute atomic E-state index is 0.202. The molecule has 2 aromatic carbocycles. The first-order chi connectivity index (χ1) is 13.2. The highest BCUT2D eigenvalue weighted by molar-refractivity contribution is 5.81. The summed E-state index contributed by atoms with van der Waals surface area (Å²) in [7, 11) is 0. The fourth-order valence-electron chi connectivity index (χ4n) is 3.21. The van der Waals surface area contributed by atoms with Crippen LogP contribution in [0.3, 0.4) is 0 Å². The van der Waals surface area contributed by atoms with Gasteiger partial charge in [-0.2, -0.15) is 0 Å². The van der Waals surface area contributed by atoms with Gasteiger partial charge in [0.1, 0.15) is 0 Å². The van der Waals surface area contributed by atoms with Crippen LogP contribution in [0, 0.1) is 0 Å². The lowest BCUT2D eigenvalue weighted by Crippen LogP contribution is -2.04. The van der Waals surface area contributed by atoms with Gasteiger partial charge in [0.2, 0.25) is 0 Å². The number of carbonyl (C=O) groups excluding carboxylic acids is 1. The van der Waals surface area contributed by atoms with Gasteiger partial charge in [-0.1, -0.05) is 62.4 Å². The molecular formula is C24H30O3. The van der Waals surface area contributed by atoms with E-state index in [1.807, 2.05) is 0 Å². The number of aliphatic hydroxyl groups is 1. The second-order valence-electron chi connectivity index (χ2n) is 6.74. The molecule has 144 valence electrons. The normalized spacial score (nSPS) is 10.6. The number of esters is 1. The van der Waals surface area contributed by atoms with E-state index in [0.29, 0.717) is 6.61 Å². The van der Waals surface area contributed by atoms with Crippen LogP contribution in [-0.2, 0) is 28.8 Å². The molecule has 0 fully saturated rings. The largest absolute Gasteiger partial charge is 0.463 e. The van der Waals surface area contributed by atoms with Crippen LogP contribution in [-0.4, -0.2) is 24.3 Å². The lowest BCUT2D eigenvalue weighted by molar-refractivity contribution is -0.137. The highest BCUT2D eigenvalue weighted by Crippen LogP contribution is 2.27. The van der Waals surface area contributed by atoms with Crippen molar-refractivity contribution in [3.8, 4) is 11.1 Å².